The van der Waals surface area contributed by atoms with Gasteiger partial charge in [0.2, 0.25) is 0 Å². The highest BCUT2D eigenvalue weighted by Crippen LogP contribution is 2.25. The second kappa shape index (κ2) is 3.22. The number of thiocarbonyl (C=S) groups is 1. The number of carbonyl (C=O) groups is 1. The lowest BCUT2D eigenvalue weighted by Gasteiger charge is -2.16. The molecular weight excluding hydrogens is 162 g/mol. The summed E-state index contributed by atoms with van der Waals surface area (Å²) in [5, 5.41) is 2.05. The molecule has 0 spiro atoms. The summed E-state index contributed by atoms with van der Waals surface area (Å²) in [6, 6.07) is 0. The zero-order chi connectivity index (χ0) is 8.32. The predicted molar refractivity (Wildman–Crippen MR) is 43.6 cm³/mol. The molecule has 0 aromatic heterocycles. The van der Waals surface area contributed by atoms with Crippen LogP contribution < -0.4 is 0 Å². The Morgan fingerprint density at radius 2 is 2.55 bits per heavy atom. The van der Waals surface area contributed by atoms with Gasteiger partial charge in [0.25, 0.3) is 5.91 Å². The van der Waals surface area contributed by atoms with Gasteiger partial charge in [0.1, 0.15) is 5.60 Å². The molecule has 1 heterocycles. The highest BCUT2D eigenvalue weighted by Gasteiger charge is 2.37. The summed E-state index contributed by atoms with van der Waals surface area (Å²) < 4.78 is 5.23. The van der Waals surface area contributed by atoms with E-state index in [0.717, 1.165) is 12.8 Å². The third kappa shape index (κ3) is 1.71. The SMILES string of the molecule is CC1(C(=O)N=C=S)CCCO1. The lowest BCUT2D eigenvalue weighted by atomic mass is 10.0. The fourth-order valence-corrected chi connectivity index (χ4v) is 1.19. The average molecular weight is 171 g/mol. The van der Waals surface area contributed by atoms with Crippen LogP contribution in [-0.2, 0) is 9.53 Å². The Morgan fingerprint density at radius 1 is 1.82 bits per heavy atom. The zero-order valence-electron chi connectivity index (χ0n) is 6.29. The van der Waals surface area contributed by atoms with E-state index in [1.807, 2.05) is 5.16 Å². The molecule has 1 unspecified atom stereocenters. The molecule has 3 nitrogen and oxygen atoms in total. The van der Waals surface area contributed by atoms with Gasteiger partial charge < -0.3 is 4.74 Å². The molecule has 1 atom stereocenters. The first-order valence-electron chi connectivity index (χ1n) is 3.45. The van der Waals surface area contributed by atoms with Crippen LogP contribution in [0.5, 0.6) is 0 Å². The van der Waals surface area contributed by atoms with Crippen molar-refractivity contribution in [2.75, 3.05) is 6.61 Å². The Bertz CT molecular complexity index is 214. The number of rotatable bonds is 1. The molecule has 0 radical (unpaired) electrons. The molecule has 4 heteroatoms. The second-order valence-corrected chi connectivity index (χ2v) is 2.87. The summed E-state index contributed by atoms with van der Waals surface area (Å²) in [5.74, 6) is -0.315. The molecule has 1 rings (SSSR count). The Hall–Kier alpha value is -0.570. The lowest BCUT2D eigenvalue weighted by molar-refractivity contribution is -0.135. The van der Waals surface area contributed by atoms with Crippen molar-refractivity contribution in [3.05, 3.63) is 0 Å². The zero-order valence-corrected chi connectivity index (χ0v) is 7.11. The molecule has 1 saturated heterocycles. The first-order chi connectivity index (χ1) is 5.19. The third-order valence-electron chi connectivity index (χ3n) is 1.82. The molecule has 1 amide bonds. The molecule has 0 aromatic rings. The van der Waals surface area contributed by atoms with Gasteiger partial charge in [-0.05, 0) is 32.0 Å². The van der Waals surface area contributed by atoms with E-state index in [0.29, 0.717) is 6.61 Å². The van der Waals surface area contributed by atoms with Gasteiger partial charge in [0, 0.05) is 6.61 Å². The molecule has 11 heavy (non-hydrogen) atoms. The highest BCUT2D eigenvalue weighted by molar-refractivity contribution is 7.78. The van der Waals surface area contributed by atoms with Crippen LogP contribution in [0.25, 0.3) is 0 Å². The van der Waals surface area contributed by atoms with E-state index in [-0.39, 0.29) is 5.91 Å². The maximum absolute atomic E-state index is 11.1. The average Bonchev–Trinajstić information content (AvgIpc) is 2.38. The Morgan fingerprint density at radius 3 is 3.00 bits per heavy atom. The fourth-order valence-electron chi connectivity index (χ4n) is 1.11. The number of aliphatic imine (C=N–C) groups is 1. The summed E-state index contributed by atoms with van der Waals surface area (Å²) >= 11 is 4.32. The van der Waals surface area contributed by atoms with E-state index in [1.54, 1.807) is 6.92 Å². The molecule has 0 aromatic carbocycles. The quantitative estimate of drug-likeness (QED) is 0.439. The molecule has 0 N–H and O–H groups in total. The summed E-state index contributed by atoms with van der Waals surface area (Å²) in [7, 11) is 0. The number of hydrogen-bond donors (Lipinski definition) is 0. The summed E-state index contributed by atoms with van der Waals surface area (Å²) in [4.78, 5) is 14.5. The van der Waals surface area contributed by atoms with Crippen LogP contribution >= 0.6 is 12.2 Å². The van der Waals surface area contributed by atoms with Gasteiger partial charge in [-0.1, -0.05) is 0 Å². The van der Waals surface area contributed by atoms with E-state index >= 15 is 0 Å². The van der Waals surface area contributed by atoms with Gasteiger partial charge in [-0.25, -0.2) is 0 Å². The molecule has 0 bridgehead atoms. The first-order valence-corrected chi connectivity index (χ1v) is 3.86. The van der Waals surface area contributed by atoms with Crippen molar-refractivity contribution in [1.29, 1.82) is 0 Å². The molecule has 0 aliphatic carbocycles. The van der Waals surface area contributed by atoms with Gasteiger partial charge >= 0.3 is 0 Å². The molecule has 1 fully saturated rings. The predicted octanol–water partition coefficient (Wildman–Crippen LogP) is 1.18. The number of nitrogens with zero attached hydrogens (tertiary/aromatic N) is 1. The van der Waals surface area contributed by atoms with Crippen LogP contribution in [0, 0.1) is 0 Å². The van der Waals surface area contributed by atoms with Crippen molar-refractivity contribution in [2.24, 2.45) is 4.99 Å². The topological polar surface area (TPSA) is 38.7 Å². The van der Waals surface area contributed by atoms with E-state index in [9.17, 15) is 4.79 Å². The van der Waals surface area contributed by atoms with Crippen LogP contribution in [0.1, 0.15) is 19.8 Å². The van der Waals surface area contributed by atoms with Crippen molar-refractivity contribution in [3.63, 3.8) is 0 Å². The largest absolute Gasteiger partial charge is 0.365 e. The van der Waals surface area contributed by atoms with E-state index in [2.05, 4.69) is 17.2 Å². The minimum absolute atomic E-state index is 0.315. The van der Waals surface area contributed by atoms with Gasteiger partial charge in [0.15, 0.2) is 0 Å². The smallest absolute Gasteiger partial charge is 0.286 e. The Labute approximate surface area is 70.5 Å². The lowest BCUT2D eigenvalue weighted by Crippen LogP contribution is -2.32. The molecule has 1 aliphatic heterocycles. The second-order valence-electron chi connectivity index (χ2n) is 2.69. The summed E-state index contributed by atoms with van der Waals surface area (Å²) in [5.41, 5.74) is -0.730. The van der Waals surface area contributed by atoms with Gasteiger partial charge in [-0.2, -0.15) is 4.99 Å². The highest BCUT2D eigenvalue weighted by atomic mass is 32.1. The number of hydrogen-bond acceptors (Lipinski definition) is 3. The van der Waals surface area contributed by atoms with Gasteiger partial charge in [0.05, 0.1) is 5.16 Å². The van der Waals surface area contributed by atoms with E-state index in [1.165, 1.54) is 0 Å². The number of isothiocyanates is 1. The number of ether oxygens (including phenoxy) is 1. The first kappa shape index (κ1) is 8.53. The van der Waals surface area contributed by atoms with Crippen LogP contribution in [0.3, 0.4) is 0 Å². The Kier molecular flexibility index (Phi) is 2.49. The summed E-state index contributed by atoms with van der Waals surface area (Å²) in [6.45, 7) is 2.37. The maximum Gasteiger partial charge on any atom is 0.286 e. The summed E-state index contributed by atoms with van der Waals surface area (Å²) in [6.07, 6.45) is 1.64. The normalized spacial score (nSPS) is 29.5. The van der Waals surface area contributed by atoms with Crippen molar-refractivity contribution >= 4 is 23.3 Å². The fraction of sp³-hybridized carbons (Fsp3) is 0.714. The van der Waals surface area contributed by atoms with Crippen molar-refractivity contribution in [3.8, 4) is 0 Å². The van der Waals surface area contributed by atoms with Crippen molar-refractivity contribution in [2.45, 2.75) is 25.4 Å². The number of amides is 1. The van der Waals surface area contributed by atoms with Crippen molar-refractivity contribution < 1.29 is 9.53 Å². The van der Waals surface area contributed by atoms with Crippen LogP contribution in [0.2, 0.25) is 0 Å². The third-order valence-corrected chi connectivity index (χ3v) is 1.91. The van der Waals surface area contributed by atoms with Crippen LogP contribution in [-0.4, -0.2) is 23.3 Å². The van der Waals surface area contributed by atoms with Gasteiger partial charge in [-0.3, -0.25) is 4.79 Å². The molecular formula is C7H9NO2S. The molecule has 1 aliphatic rings. The van der Waals surface area contributed by atoms with E-state index < -0.39 is 5.60 Å². The standard InChI is InChI=1S/C7H9NO2S/c1-7(3-2-4-10-7)6(9)8-5-11/h2-4H2,1H3. The van der Waals surface area contributed by atoms with Crippen LogP contribution in [0.15, 0.2) is 4.99 Å². The minimum Gasteiger partial charge on any atom is -0.365 e. The van der Waals surface area contributed by atoms with Crippen molar-refractivity contribution in [1.82, 2.24) is 0 Å². The molecule has 60 valence electrons. The van der Waals surface area contributed by atoms with E-state index in [4.69, 9.17) is 4.74 Å². The molecule has 0 saturated carbocycles. The Balaban J connectivity index is 2.71. The number of carbonyl (C=O) groups excluding carboxylic acids is 1. The maximum atomic E-state index is 11.1. The minimum atomic E-state index is -0.730. The van der Waals surface area contributed by atoms with Crippen LogP contribution in [0.4, 0.5) is 0 Å². The monoisotopic (exact) mass is 171 g/mol. The van der Waals surface area contributed by atoms with Gasteiger partial charge in [-0.15, -0.1) is 0 Å².